The highest BCUT2D eigenvalue weighted by atomic mass is 32.2. The van der Waals surface area contributed by atoms with Crippen LogP contribution in [0, 0.1) is 5.41 Å². The Balaban J connectivity index is 1.32. The molecule has 1 N–H and O–H groups in total. The third-order valence-electron chi connectivity index (χ3n) is 7.35. The second-order valence-electron chi connectivity index (χ2n) is 10.3. The molecular weight excluding hydrogens is 476 g/mol. The molecule has 3 fully saturated rings. The molecule has 192 valence electrons. The van der Waals surface area contributed by atoms with Gasteiger partial charge in [-0.25, -0.2) is 36.5 Å². The molecule has 2 aromatic heterocycles. The quantitative estimate of drug-likeness (QED) is 0.581. The number of unbranched alkanes of at least 4 members (excludes halogenated alkanes) is 1. The first-order chi connectivity index (χ1) is 16.7. The number of hydrogen-bond donors (Lipinski definition) is 1. The first-order valence-corrected chi connectivity index (χ1v) is 14.2. The number of anilines is 2. The minimum absolute atomic E-state index is 0.0403. The largest absolute Gasteiger partial charge is 0.353 e. The maximum Gasteiger partial charge on any atom is 0.280 e. The zero-order valence-corrected chi connectivity index (χ0v) is 21.1. The number of pyridine rings is 1. The molecule has 35 heavy (non-hydrogen) atoms. The Morgan fingerprint density at radius 1 is 1.17 bits per heavy atom. The van der Waals surface area contributed by atoms with Gasteiger partial charge in [0.15, 0.2) is 5.82 Å². The van der Waals surface area contributed by atoms with Gasteiger partial charge in [-0.05, 0) is 31.9 Å². The molecule has 3 aliphatic heterocycles. The summed E-state index contributed by atoms with van der Waals surface area (Å²) in [4.78, 5) is 17.9. The summed E-state index contributed by atoms with van der Waals surface area (Å²) in [6, 6.07) is 1.40. The van der Waals surface area contributed by atoms with Crippen LogP contribution in [0.3, 0.4) is 0 Å². The molecule has 0 amide bonds. The Morgan fingerprint density at radius 3 is 2.51 bits per heavy atom. The fraction of sp³-hybridized carbons (Fsp3) is 0.696. The summed E-state index contributed by atoms with van der Waals surface area (Å²) in [5.41, 5.74) is 0.533. The van der Waals surface area contributed by atoms with Crippen LogP contribution in [0.5, 0.6) is 0 Å². The predicted octanol–water partition coefficient (Wildman–Crippen LogP) is 2.72. The first kappa shape index (κ1) is 24.5. The lowest BCUT2D eigenvalue weighted by Crippen LogP contribution is -2.72. The normalized spacial score (nSPS) is 21.5. The molecule has 12 heteroatoms. The van der Waals surface area contributed by atoms with Crippen LogP contribution in [-0.4, -0.2) is 90.7 Å². The van der Waals surface area contributed by atoms with Crippen LogP contribution in [0.15, 0.2) is 12.3 Å². The average molecular weight is 510 g/mol. The second kappa shape index (κ2) is 9.36. The van der Waals surface area contributed by atoms with E-state index >= 15 is 0 Å². The fourth-order valence-electron chi connectivity index (χ4n) is 5.51. The zero-order chi connectivity index (χ0) is 24.8. The van der Waals surface area contributed by atoms with E-state index in [2.05, 4.69) is 37.0 Å². The molecule has 5 heterocycles. The smallest absolute Gasteiger partial charge is 0.280 e. The van der Waals surface area contributed by atoms with E-state index in [-0.39, 0.29) is 17.2 Å². The van der Waals surface area contributed by atoms with Gasteiger partial charge in [-0.2, -0.15) is 0 Å². The maximum absolute atomic E-state index is 13.6. The zero-order valence-electron chi connectivity index (χ0n) is 20.3. The molecule has 0 atom stereocenters. The fourth-order valence-corrected chi connectivity index (χ4v) is 6.39. The van der Waals surface area contributed by atoms with Gasteiger partial charge in [0.25, 0.3) is 6.43 Å². The number of halogens is 2. The van der Waals surface area contributed by atoms with Crippen molar-refractivity contribution in [2.75, 3.05) is 62.3 Å². The number of hydrogen-bond acceptors (Lipinski definition) is 8. The second-order valence-corrected chi connectivity index (χ2v) is 12.3. The molecule has 0 aliphatic carbocycles. The minimum Gasteiger partial charge on any atom is -0.353 e. The molecule has 3 saturated heterocycles. The van der Waals surface area contributed by atoms with E-state index in [0.717, 1.165) is 32.7 Å². The lowest BCUT2D eigenvalue weighted by molar-refractivity contribution is -0.0223. The molecule has 0 unspecified atom stereocenters. The summed E-state index contributed by atoms with van der Waals surface area (Å²) < 4.78 is 52.1. The predicted molar refractivity (Wildman–Crippen MR) is 131 cm³/mol. The van der Waals surface area contributed by atoms with Gasteiger partial charge in [0.1, 0.15) is 11.2 Å². The summed E-state index contributed by atoms with van der Waals surface area (Å²) in [6.07, 6.45) is 3.79. The van der Waals surface area contributed by atoms with Crippen molar-refractivity contribution in [3.8, 4) is 0 Å². The van der Waals surface area contributed by atoms with Crippen molar-refractivity contribution in [3.63, 3.8) is 0 Å². The van der Waals surface area contributed by atoms with Crippen LogP contribution in [0.25, 0.3) is 10.9 Å². The van der Waals surface area contributed by atoms with Gasteiger partial charge in [-0.15, -0.1) is 0 Å². The van der Waals surface area contributed by atoms with Crippen molar-refractivity contribution in [1.29, 1.82) is 0 Å². The number of likely N-dealkylation sites (tertiary alicyclic amines) is 1. The Hall–Kier alpha value is -2.18. The summed E-state index contributed by atoms with van der Waals surface area (Å²) in [5.74, 6) is 0.903. The summed E-state index contributed by atoms with van der Waals surface area (Å²) >= 11 is 0. The van der Waals surface area contributed by atoms with Gasteiger partial charge in [0.2, 0.25) is 16.0 Å². The first-order valence-electron chi connectivity index (χ1n) is 12.3. The van der Waals surface area contributed by atoms with E-state index in [0.29, 0.717) is 48.6 Å². The van der Waals surface area contributed by atoms with Gasteiger partial charge >= 0.3 is 0 Å². The lowest BCUT2D eigenvalue weighted by Gasteiger charge is -2.60. The molecule has 0 radical (unpaired) electrons. The van der Waals surface area contributed by atoms with E-state index in [1.807, 2.05) is 0 Å². The van der Waals surface area contributed by atoms with Crippen molar-refractivity contribution in [2.45, 2.75) is 45.1 Å². The average Bonchev–Trinajstić information content (AvgIpc) is 2.76. The topological polar surface area (TPSA) is 94.6 Å². The number of nitrogens with zero attached hydrogens (tertiary/aromatic N) is 6. The molecule has 0 bridgehead atoms. The number of sulfonamides is 1. The van der Waals surface area contributed by atoms with Crippen LogP contribution in [0.1, 0.15) is 44.7 Å². The van der Waals surface area contributed by atoms with Crippen molar-refractivity contribution in [3.05, 3.63) is 18.0 Å². The van der Waals surface area contributed by atoms with E-state index < -0.39 is 16.4 Å². The highest BCUT2D eigenvalue weighted by Crippen LogP contribution is 2.43. The summed E-state index contributed by atoms with van der Waals surface area (Å²) in [7, 11) is -3.19. The van der Waals surface area contributed by atoms with Crippen LogP contribution >= 0.6 is 0 Å². The maximum atomic E-state index is 13.6. The van der Waals surface area contributed by atoms with Gasteiger partial charge in [0.05, 0.1) is 6.26 Å². The van der Waals surface area contributed by atoms with E-state index in [1.165, 1.54) is 29.5 Å². The molecule has 1 spiro atoms. The highest BCUT2D eigenvalue weighted by Gasteiger charge is 2.52. The monoisotopic (exact) mass is 509 g/mol. The molecule has 2 aromatic rings. The van der Waals surface area contributed by atoms with Gasteiger partial charge in [0, 0.05) is 62.3 Å². The van der Waals surface area contributed by atoms with Gasteiger partial charge in [-0.1, -0.05) is 13.3 Å². The number of fused-ring (bicyclic) bond motifs is 1. The minimum atomic E-state index is -3.19. The summed E-state index contributed by atoms with van der Waals surface area (Å²) in [5, 5.41) is 3.85. The third kappa shape index (κ3) is 5.05. The van der Waals surface area contributed by atoms with Gasteiger partial charge < -0.3 is 15.1 Å². The number of aromatic nitrogens is 3. The Bertz CT molecular complexity index is 1170. The molecule has 0 saturated carbocycles. The number of alkyl halides is 2. The van der Waals surface area contributed by atoms with Crippen LogP contribution < -0.4 is 10.2 Å². The van der Waals surface area contributed by atoms with E-state index in [4.69, 9.17) is 0 Å². The van der Waals surface area contributed by atoms with Crippen molar-refractivity contribution >= 4 is 32.7 Å². The summed E-state index contributed by atoms with van der Waals surface area (Å²) in [6.45, 7) is 7.87. The van der Waals surface area contributed by atoms with Crippen LogP contribution in [0.2, 0.25) is 0 Å². The standard InChI is InChI=1S/C23H33F2N7O2S/c1-3-4-7-30-12-23(13-30)14-31(15-23)21-19-16(10-18(28-21)20(24)25)11-26-22(29-19)27-17-5-8-32(9-6-17)35(2,33)34/h10-11,17,20H,3-9,12-15H2,1-2H3,(H,26,27,29). The molecule has 5 rings (SSSR count). The SMILES string of the molecule is CCCCN1CC2(C1)CN(c1nc(C(F)F)cc3cnc(NC4CCN(S(C)(=O)=O)CC4)nc13)C2. The third-order valence-corrected chi connectivity index (χ3v) is 8.65. The van der Waals surface area contributed by atoms with E-state index in [9.17, 15) is 17.2 Å². The Kier molecular flexibility index (Phi) is 6.56. The van der Waals surface area contributed by atoms with Crippen molar-refractivity contribution < 1.29 is 17.2 Å². The highest BCUT2D eigenvalue weighted by molar-refractivity contribution is 7.88. The molecular formula is C23H33F2N7O2S. The number of piperidine rings is 1. The molecule has 0 aromatic carbocycles. The van der Waals surface area contributed by atoms with Crippen LogP contribution in [0.4, 0.5) is 20.5 Å². The number of nitrogens with one attached hydrogen (secondary N) is 1. The molecule has 9 nitrogen and oxygen atoms in total. The molecule has 3 aliphatic rings. The van der Waals surface area contributed by atoms with Crippen molar-refractivity contribution in [1.82, 2.24) is 24.2 Å². The Labute approximate surface area is 205 Å². The number of rotatable bonds is 8. The van der Waals surface area contributed by atoms with Crippen LogP contribution in [-0.2, 0) is 10.0 Å². The Morgan fingerprint density at radius 2 is 1.89 bits per heavy atom. The van der Waals surface area contributed by atoms with E-state index in [1.54, 1.807) is 6.20 Å². The lowest BCUT2D eigenvalue weighted by atomic mass is 9.72. The van der Waals surface area contributed by atoms with Crippen molar-refractivity contribution in [2.24, 2.45) is 5.41 Å². The van der Waals surface area contributed by atoms with Gasteiger partial charge in [-0.3, -0.25) is 0 Å².